The number of benzene rings is 1. The second kappa shape index (κ2) is 5.73. The molecule has 2 saturated carbocycles. The van der Waals surface area contributed by atoms with Crippen molar-refractivity contribution in [1.82, 2.24) is 10.2 Å². The molecule has 1 N–H and O–H groups in total. The van der Waals surface area contributed by atoms with Gasteiger partial charge in [-0.05, 0) is 62.1 Å². The maximum absolute atomic E-state index is 3.85. The smallest absolute Gasteiger partial charge is 0.0484 e. The average Bonchev–Trinajstić information content (AvgIpc) is 3.40. The first-order chi connectivity index (χ1) is 10.4. The third-order valence-corrected chi connectivity index (χ3v) is 5.43. The van der Waals surface area contributed by atoms with E-state index in [1.165, 1.54) is 45.1 Å². The van der Waals surface area contributed by atoms with Crippen molar-refractivity contribution >= 4 is 0 Å². The standard InChI is InChI=1S/C19H28N2/c1-2-11-20-19-17-6-4-3-5-15(17)12-18(19)21(16-9-10-16)13-14-7-8-14/h3-6,14,16,18-20H,2,7-13H2,1H3. The van der Waals surface area contributed by atoms with Crippen LogP contribution < -0.4 is 5.32 Å². The maximum Gasteiger partial charge on any atom is 0.0484 e. The van der Waals surface area contributed by atoms with E-state index in [1.54, 1.807) is 11.1 Å². The topological polar surface area (TPSA) is 15.3 Å². The quantitative estimate of drug-likeness (QED) is 0.824. The number of rotatable bonds is 7. The summed E-state index contributed by atoms with van der Waals surface area (Å²) in [6, 6.07) is 11.3. The Morgan fingerprint density at radius 1 is 1.14 bits per heavy atom. The van der Waals surface area contributed by atoms with Crippen molar-refractivity contribution in [2.24, 2.45) is 5.92 Å². The van der Waals surface area contributed by atoms with Crippen molar-refractivity contribution < 1.29 is 0 Å². The summed E-state index contributed by atoms with van der Waals surface area (Å²) in [4.78, 5) is 2.88. The van der Waals surface area contributed by atoms with Gasteiger partial charge in [0.05, 0.1) is 0 Å². The molecule has 2 heteroatoms. The van der Waals surface area contributed by atoms with E-state index in [-0.39, 0.29) is 0 Å². The molecular formula is C19H28N2. The lowest BCUT2D eigenvalue weighted by molar-refractivity contribution is 0.150. The van der Waals surface area contributed by atoms with E-state index in [1.807, 2.05) is 0 Å². The fourth-order valence-corrected chi connectivity index (χ4v) is 3.99. The second-order valence-corrected chi connectivity index (χ2v) is 7.27. The van der Waals surface area contributed by atoms with Gasteiger partial charge in [-0.1, -0.05) is 31.2 Å². The van der Waals surface area contributed by atoms with Gasteiger partial charge in [-0.25, -0.2) is 0 Å². The lowest BCUT2D eigenvalue weighted by Crippen LogP contribution is -2.45. The van der Waals surface area contributed by atoms with Crippen molar-refractivity contribution in [1.29, 1.82) is 0 Å². The Kier molecular flexibility index (Phi) is 3.76. The SMILES string of the molecule is CCCNC1c2ccccc2CC1N(CC1CC1)C1CC1. The normalized spacial score (nSPS) is 28.1. The molecule has 4 rings (SSSR count). The highest BCUT2D eigenvalue weighted by Crippen LogP contribution is 2.42. The predicted molar refractivity (Wildman–Crippen MR) is 87.4 cm³/mol. The van der Waals surface area contributed by atoms with Crippen LogP contribution in [0.15, 0.2) is 24.3 Å². The number of fused-ring (bicyclic) bond motifs is 1. The van der Waals surface area contributed by atoms with E-state index in [2.05, 4.69) is 41.4 Å². The zero-order valence-corrected chi connectivity index (χ0v) is 13.2. The number of hydrogen-bond donors (Lipinski definition) is 1. The molecule has 0 bridgehead atoms. The molecule has 2 atom stereocenters. The summed E-state index contributed by atoms with van der Waals surface area (Å²) in [5, 5.41) is 3.85. The molecule has 114 valence electrons. The number of nitrogens with one attached hydrogen (secondary N) is 1. The Morgan fingerprint density at radius 2 is 1.95 bits per heavy atom. The number of nitrogens with zero attached hydrogens (tertiary/aromatic N) is 1. The molecule has 21 heavy (non-hydrogen) atoms. The Labute approximate surface area is 128 Å². The second-order valence-electron chi connectivity index (χ2n) is 7.27. The first-order valence-electron chi connectivity index (χ1n) is 8.93. The van der Waals surface area contributed by atoms with Gasteiger partial charge in [-0.3, -0.25) is 4.90 Å². The lowest BCUT2D eigenvalue weighted by Gasteiger charge is -2.34. The fourth-order valence-electron chi connectivity index (χ4n) is 3.99. The molecule has 2 fully saturated rings. The molecule has 3 aliphatic carbocycles. The molecular weight excluding hydrogens is 256 g/mol. The monoisotopic (exact) mass is 284 g/mol. The van der Waals surface area contributed by atoms with Crippen molar-refractivity contribution in [3.05, 3.63) is 35.4 Å². The van der Waals surface area contributed by atoms with Crippen LogP contribution in [0.5, 0.6) is 0 Å². The zero-order valence-electron chi connectivity index (χ0n) is 13.2. The van der Waals surface area contributed by atoms with Gasteiger partial charge in [0.2, 0.25) is 0 Å². The van der Waals surface area contributed by atoms with Crippen LogP contribution in [-0.4, -0.2) is 30.1 Å². The van der Waals surface area contributed by atoms with E-state index in [9.17, 15) is 0 Å². The van der Waals surface area contributed by atoms with Gasteiger partial charge in [-0.2, -0.15) is 0 Å². The minimum Gasteiger partial charge on any atom is -0.309 e. The molecule has 1 aromatic carbocycles. The summed E-state index contributed by atoms with van der Waals surface area (Å²) >= 11 is 0. The first kappa shape index (κ1) is 13.8. The lowest BCUT2D eigenvalue weighted by atomic mass is 10.0. The molecule has 0 aromatic heterocycles. The largest absolute Gasteiger partial charge is 0.309 e. The van der Waals surface area contributed by atoms with Crippen LogP contribution in [-0.2, 0) is 6.42 Å². The third kappa shape index (κ3) is 2.89. The van der Waals surface area contributed by atoms with Gasteiger partial charge in [-0.15, -0.1) is 0 Å². The average molecular weight is 284 g/mol. The molecule has 0 aliphatic heterocycles. The fraction of sp³-hybridized carbons (Fsp3) is 0.684. The van der Waals surface area contributed by atoms with Crippen molar-refractivity contribution in [3.8, 4) is 0 Å². The minimum atomic E-state index is 0.556. The van der Waals surface area contributed by atoms with E-state index < -0.39 is 0 Å². The predicted octanol–water partition coefficient (Wildman–Crippen LogP) is 3.53. The van der Waals surface area contributed by atoms with Gasteiger partial charge in [0, 0.05) is 24.7 Å². The molecule has 0 amide bonds. The van der Waals surface area contributed by atoms with Crippen molar-refractivity contribution in [2.75, 3.05) is 13.1 Å². The van der Waals surface area contributed by atoms with Crippen LogP contribution in [0.3, 0.4) is 0 Å². The van der Waals surface area contributed by atoms with E-state index >= 15 is 0 Å². The third-order valence-electron chi connectivity index (χ3n) is 5.43. The van der Waals surface area contributed by atoms with Gasteiger partial charge >= 0.3 is 0 Å². The molecule has 2 unspecified atom stereocenters. The van der Waals surface area contributed by atoms with Crippen LogP contribution >= 0.6 is 0 Å². The molecule has 0 saturated heterocycles. The molecule has 0 radical (unpaired) electrons. The molecule has 0 heterocycles. The molecule has 2 nitrogen and oxygen atoms in total. The van der Waals surface area contributed by atoms with Gasteiger partial charge in [0.15, 0.2) is 0 Å². The summed E-state index contributed by atoms with van der Waals surface area (Å²) in [5.74, 6) is 1.00. The Balaban J connectivity index is 1.57. The summed E-state index contributed by atoms with van der Waals surface area (Å²) in [7, 11) is 0. The van der Waals surface area contributed by atoms with Crippen LogP contribution in [0.1, 0.15) is 56.2 Å². The summed E-state index contributed by atoms with van der Waals surface area (Å²) < 4.78 is 0. The minimum absolute atomic E-state index is 0.556. The highest BCUT2D eigenvalue weighted by Gasteiger charge is 2.43. The summed E-state index contributed by atoms with van der Waals surface area (Å²) in [5.41, 5.74) is 3.15. The van der Waals surface area contributed by atoms with Gasteiger partial charge < -0.3 is 5.32 Å². The number of hydrogen-bond acceptors (Lipinski definition) is 2. The Hall–Kier alpha value is -0.860. The van der Waals surface area contributed by atoms with Crippen LogP contribution in [0, 0.1) is 5.92 Å². The highest BCUT2D eigenvalue weighted by molar-refractivity contribution is 5.37. The molecule has 3 aliphatic rings. The first-order valence-corrected chi connectivity index (χ1v) is 8.93. The summed E-state index contributed by atoms with van der Waals surface area (Å²) in [6.45, 7) is 4.76. The Morgan fingerprint density at radius 3 is 2.67 bits per heavy atom. The molecule has 1 aromatic rings. The molecule has 0 spiro atoms. The van der Waals surface area contributed by atoms with E-state index in [0.717, 1.165) is 18.5 Å². The van der Waals surface area contributed by atoms with Gasteiger partial charge in [0.25, 0.3) is 0 Å². The highest BCUT2D eigenvalue weighted by atomic mass is 15.2. The zero-order chi connectivity index (χ0) is 14.2. The van der Waals surface area contributed by atoms with E-state index in [0.29, 0.717) is 12.1 Å². The van der Waals surface area contributed by atoms with Crippen molar-refractivity contribution in [3.63, 3.8) is 0 Å². The van der Waals surface area contributed by atoms with Crippen LogP contribution in [0.25, 0.3) is 0 Å². The van der Waals surface area contributed by atoms with Gasteiger partial charge in [0.1, 0.15) is 0 Å². The van der Waals surface area contributed by atoms with Crippen molar-refractivity contribution in [2.45, 2.75) is 63.6 Å². The van der Waals surface area contributed by atoms with Crippen LogP contribution in [0.2, 0.25) is 0 Å². The van der Waals surface area contributed by atoms with Crippen LogP contribution in [0.4, 0.5) is 0 Å². The summed E-state index contributed by atoms with van der Waals surface area (Å²) in [6.07, 6.45) is 8.27. The van der Waals surface area contributed by atoms with E-state index in [4.69, 9.17) is 0 Å². The Bertz CT molecular complexity index is 490. The maximum atomic E-state index is 3.85.